The lowest BCUT2D eigenvalue weighted by molar-refractivity contribution is 0.143. The first-order valence-corrected chi connectivity index (χ1v) is 7.69. The minimum absolute atomic E-state index is 0.338. The van der Waals surface area contributed by atoms with Crippen LogP contribution in [0.5, 0.6) is 0 Å². The van der Waals surface area contributed by atoms with Crippen LogP contribution in [0.1, 0.15) is 19.3 Å². The highest BCUT2D eigenvalue weighted by Crippen LogP contribution is 2.21. The molecule has 16 heavy (non-hydrogen) atoms. The molecule has 2 saturated heterocycles. The molecular formula is C12H24N2OS. The lowest BCUT2D eigenvalue weighted by Crippen LogP contribution is -2.47. The molecule has 0 aromatic carbocycles. The van der Waals surface area contributed by atoms with Crippen molar-refractivity contribution in [3.8, 4) is 0 Å². The summed E-state index contributed by atoms with van der Waals surface area (Å²) >= 11 is 2.04. The number of thioether (sulfide) groups is 1. The quantitative estimate of drug-likeness (QED) is 0.766. The maximum Gasteiger partial charge on any atom is 0.0446 e. The molecule has 4 heteroatoms. The first kappa shape index (κ1) is 12.7. The van der Waals surface area contributed by atoms with Gasteiger partial charge in [0.05, 0.1) is 0 Å². The van der Waals surface area contributed by atoms with Crippen LogP contribution >= 0.6 is 11.8 Å². The first-order chi connectivity index (χ1) is 7.90. The predicted molar refractivity (Wildman–Crippen MR) is 70.0 cm³/mol. The van der Waals surface area contributed by atoms with Crippen molar-refractivity contribution in [1.29, 1.82) is 0 Å². The van der Waals surface area contributed by atoms with Crippen LogP contribution in [0.4, 0.5) is 0 Å². The lowest BCUT2D eigenvalue weighted by Gasteiger charge is -2.38. The van der Waals surface area contributed by atoms with Gasteiger partial charge in [-0.1, -0.05) is 0 Å². The van der Waals surface area contributed by atoms with Crippen molar-refractivity contribution < 1.29 is 5.11 Å². The molecule has 2 unspecified atom stereocenters. The van der Waals surface area contributed by atoms with E-state index < -0.39 is 0 Å². The molecule has 3 nitrogen and oxygen atoms in total. The summed E-state index contributed by atoms with van der Waals surface area (Å²) in [7, 11) is 0. The van der Waals surface area contributed by atoms with Gasteiger partial charge in [-0.05, 0) is 38.3 Å². The van der Waals surface area contributed by atoms with E-state index in [1.165, 1.54) is 50.5 Å². The van der Waals surface area contributed by atoms with E-state index in [0.717, 1.165) is 12.3 Å². The lowest BCUT2D eigenvalue weighted by atomic mass is 9.98. The highest BCUT2D eigenvalue weighted by molar-refractivity contribution is 7.99. The van der Waals surface area contributed by atoms with Gasteiger partial charge < -0.3 is 10.4 Å². The molecule has 2 atom stereocenters. The fourth-order valence-electron chi connectivity index (χ4n) is 2.76. The summed E-state index contributed by atoms with van der Waals surface area (Å²) in [4.78, 5) is 2.62. The monoisotopic (exact) mass is 244 g/mol. The number of piperidine rings is 1. The average Bonchev–Trinajstić information content (AvgIpc) is 2.33. The van der Waals surface area contributed by atoms with Crippen LogP contribution in [-0.4, -0.2) is 60.3 Å². The highest BCUT2D eigenvalue weighted by atomic mass is 32.2. The fraction of sp³-hybridized carbons (Fsp3) is 1.00. The number of hydrogen-bond acceptors (Lipinski definition) is 4. The molecule has 0 saturated carbocycles. The predicted octanol–water partition coefficient (Wildman–Crippen LogP) is 0.786. The largest absolute Gasteiger partial charge is 0.396 e. The van der Waals surface area contributed by atoms with Crippen molar-refractivity contribution in [3.05, 3.63) is 0 Å². The summed E-state index contributed by atoms with van der Waals surface area (Å²) in [6, 6.07) is 0.616. The molecular weight excluding hydrogens is 220 g/mol. The van der Waals surface area contributed by atoms with Crippen LogP contribution in [0.25, 0.3) is 0 Å². The van der Waals surface area contributed by atoms with Crippen LogP contribution in [0.2, 0.25) is 0 Å². The summed E-state index contributed by atoms with van der Waals surface area (Å²) in [5.74, 6) is 3.31. The number of rotatable bonds is 4. The van der Waals surface area contributed by atoms with Crippen LogP contribution in [0, 0.1) is 5.92 Å². The number of nitrogens with one attached hydrogen (secondary N) is 1. The molecule has 2 rings (SSSR count). The van der Waals surface area contributed by atoms with Crippen molar-refractivity contribution in [2.45, 2.75) is 25.3 Å². The van der Waals surface area contributed by atoms with Crippen molar-refractivity contribution in [1.82, 2.24) is 10.2 Å². The Kier molecular flexibility index (Phi) is 5.42. The third-order valence-corrected chi connectivity index (χ3v) is 4.80. The minimum Gasteiger partial charge on any atom is -0.396 e. The Morgan fingerprint density at radius 1 is 1.44 bits per heavy atom. The number of nitrogens with zero attached hydrogens (tertiary/aromatic N) is 1. The summed E-state index contributed by atoms with van der Waals surface area (Å²) in [6.45, 7) is 5.18. The standard InChI is InChI=1S/C12H24N2OS/c15-6-3-12-10-16-7-5-14(12)9-11-2-1-4-13-8-11/h11-13,15H,1-10H2. The van der Waals surface area contributed by atoms with E-state index in [9.17, 15) is 0 Å². The maximum atomic E-state index is 9.09. The zero-order chi connectivity index (χ0) is 11.2. The van der Waals surface area contributed by atoms with Gasteiger partial charge in [0.1, 0.15) is 0 Å². The molecule has 2 aliphatic rings. The molecule has 0 aromatic heterocycles. The fourth-order valence-corrected chi connectivity index (χ4v) is 3.94. The van der Waals surface area contributed by atoms with Crippen molar-refractivity contribution in [2.24, 2.45) is 5.92 Å². The van der Waals surface area contributed by atoms with E-state index in [2.05, 4.69) is 10.2 Å². The van der Waals surface area contributed by atoms with Gasteiger partial charge in [0.15, 0.2) is 0 Å². The molecule has 0 amide bonds. The van der Waals surface area contributed by atoms with E-state index in [4.69, 9.17) is 5.11 Å². The third kappa shape index (κ3) is 3.62. The van der Waals surface area contributed by atoms with Crippen molar-refractivity contribution in [3.63, 3.8) is 0 Å². The van der Waals surface area contributed by atoms with E-state index in [1.54, 1.807) is 0 Å². The van der Waals surface area contributed by atoms with Gasteiger partial charge in [0.2, 0.25) is 0 Å². The molecule has 2 heterocycles. The van der Waals surface area contributed by atoms with E-state index in [-0.39, 0.29) is 0 Å². The van der Waals surface area contributed by atoms with Crippen molar-refractivity contribution in [2.75, 3.05) is 44.3 Å². The smallest absolute Gasteiger partial charge is 0.0446 e. The van der Waals surface area contributed by atoms with E-state index >= 15 is 0 Å². The second-order valence-electron chi connectivity index (χ2n) is 4.95. The first-order valence-electron chi connectivity index (χ1n) is 6.53. The normalized spacial score (nSPS) is 32.8. The summed E-state index contributed by atoms with van der Waals surface area (Å²) in [5, 5.41) is 12.6. The zero-order valence-corrected chi connectivity index (χ0v) is 10.8. The SMILES string of the molecule is OCCC1CSCCN1CC1CCCNC1. The zero-order valence-electron chi connectivity index (χ0n) is 10.0. The van der Waals surface area contributed by atoms with E-state index in [0.29, 0.717) is 12.6 Å². The number of aliphatic hydroxyl groups is 1. The maximum absolute atomic E-state index is 9.09. The van der Waals surface area contributed by atoms with Gasteiger partial charge in [-0.15, -0.1) is 0 Å². The average molecular weight is 244 g/mol. The molecule has 0 aliphatic carbocycles. The highest BCUT2D eigenvalue weighted by Gasteiger charge is 2.25. The van der Waals surface area contributed by atoms with Crippen molar-refractivity contribution >= 4 is 11.8 Å². The van der Waals surface area contributed by atoms with Gasteiger partial charge in [-0.2, -0.15) is 11.8 Å². The Hall–Kier alpha value is 0.230. The molecule has 2 aliphatic heterocycles. The molecule has 0 bridgehead atoms. The van der Waals surface area contributed by atoms with E-state index in [1.807, 2.05) is 11.8 Å². The molecule has 0 spiro atoms. The van der Waals surface area contributed by atoms with Crippen LogP contribution in [-0.2, 0) is 0 Å². The third-order valence-electron chi connectivity index (χ3n) is 3.70. The second-order valence-corrected chi connectivity index (χ2v) is 6.10. The van der Waals surface area contributed by atoms with Gasteiger partial charge in [-0.25, -0.2) is 0 Å². The number of hydrogen-bond donors (Lipinski definition) is 2. The van der Waals surface area contributed by atoms with Gasteiger partial charge in [-0.3, -0.25) is 4.90 Å². The number of aliphatic hydroxyl groups excluding tert-OH is 1. The molecule has 2 fully saturated rings. The Bertz CT molecular complexity index is 195. The Labute approximate surface area is 103 Å². The molecule has 0 aromatic rings. The Balaban J connectivity index is 1.80. The van der Waals surface area contributed by atoms with Crippen LogP contribution in [0.15, 0.2) is 0 Å². The molecule has 2 N–H and O–H groups in total. The topological polar surface area (TPSA) is 35.5 Å². The van der Waals surface area contributed by atoms with Crippen LogP contribution < -0.4 is 5.32 Å². The molecule has 94 valence electrons. The summed E-state index contributed by atoms with van der Waals surface area (Å²) < 4.78 is 0. The molecule has 0 radical (unpaired) electrons. The van der Waals surface area contributed by atoms with Gasteiger partial charge in [0, 0.05) is 37.2 Å². The summed E-state index contributed by atoms with van der Waals surface area (Å²) in [6.07, 6.45) is 3.66. The summed E-state index contributed by atoms with van der Waals surface area (Å²) in [5.41, 5.74) is 0. The Morgan fingerprint density at radius 2 is 2.38 bits per heavy atom. The minimum atomic E-state index is 0.338. The van der Waals surface area contributed by atoms with Gasteiger partial charge in [0.25, 0.3) is 0 Å². The Morgan fingerprint density at radius 3 is 3.12 bits per heavy atom. The van der Waals surface area contributed by atoms with Crippen LogP contribution in [0.3, 0.4) is 0 Å². The van der Waals surface area contributed by atoms with Gasteiger partial charge >= 0.3 is 0 Å². The second kappa shape index (κ2) is 6.84.